The zero-order valence-electron chi connectivity index (χ0n) is 10.6. The summed E-state index contributed by atoms with van der Waals surface area (Å²) in [7, 11) is 3.73. The molecule has 0 spiro atoms. The molecule has 1 nitrogen and oxygen atoms in total. The molecule has 0 fully saturated rings. The number of benzene rings is 1. The van der Waals surface area contributed by atoms with Gasteiger partial charge in [-0.15, -0.1) is 0 Å². The minimum absolute atomic E-state index is 0.0883. The van der Waals surface area contributed by atoms with Crippen LogP contribution < -0.4 is 4.90 Å². The Balaban J connectivity index is 2.49. The van der Waals surface area contributed by atoms with Crippen molar-refractivity contribution in [1.82, 2.24) is 0 Å². The maximum Gasteiger partial charge on any atom is 0.125 e. The highest BCUT2D eigenvalue weighted by Gasteiger charge is 2.25. The van der Waals surface area contributed by atoms with Crippen molar-refractivity contribution in [2.24, 2.45) is 0 Å². The molecule has 1 aromatic carbocycles. The van der Waals surface area contributed by atoms with E-state index < -0.39 is 0 Å². The molecule has 5 heteroatoms. The summed E-state index contributed by atoms with van der Waals surface area (Å²) < 4.78 is 13.4. The topological polar surface area (TPSA) is 3.24 Å². The van der Waals surface area contributed by atoms with Crippen molar-refractivity contribution in [2.75, 3.05) is 19.0 Å². The van der Waals surface area contributed by atoms with E-state index in [-0.39, 0.29) is 11.7 Å². The van der Waals surface area contributed by atoms with Crippen LogP contribution in [0.3, 0.4) is 0 Å². The van der Waals surface area contributed by atoms with Gasteiger partial charge in [-0.05, 0) is 24.1 Å². The number of anilines is 1. The first kappa shape index (κ1) is 14.7. The van der Waals surface area contributed by atoms with Crippen molar-refractivity contribution in [3.8, 4) is 0 Å². The van der Waals surface area contributed by atoms with Gasteiger partial charge in [0.25, 0.3) is 0 Å². The molecule has 0 bridgehead atoms. The molecule has 0 saturated heterocycles. The van der Waals surface area contributed by atoms with Crippen LogP contribution in [0.2, 0.25) is 0 Å². The van der Waals surface area contributed by atoms with E-state index in [0.717, 1.165) is 11.3 Å². The average molecular weight is 321 g/mol. The van der Waals surface area contributed by atoms with Gasteiger partial charge in [0.15, 0.2) is 0 Å². The Morgan fingerprint density at radius 1 is 1.21 bits per heavy atom. The number of rotatable bonds is 2. The van der Waals surface area contributed by atoms with E-state index in [4.69, 9.17) is 34.8 Å². The van der Waals surface area contributed by atoms with Gasteiger partial charge in [0.2, 0.25) is 0 Å². The summed E-state index contributed by atoms with van der Waals surface area (Å²) in [6.45, 7) is 0. The lowest BCUT2D eigenvalue weighted by Crippen LogP contribution is -2.15. The lowest BCUT2D eigenvalue weighted by atomic mass is 9.90. The van der Waals surface area contributed by atoms with Crippen LogP contribution in [-0.4, -0.2) is 14.1 Å². The monoisotopic (exact) mass is 319 g/mol. The summed E-state index contributed by atoms with van der Waals surface area (Å²) in [6.07, 6.45) is 2.49. The van der Waals surface area contributed by atoms with E-state index in [2.05, 4.69) is 0 Å². The van der Waals surface area contributed by atoms with Gasteiger partial charge in [0.1, 0.15) is 5.82 Å². The lowest BCUT2D eigenvalue weighted by molar-refractivity contribution is 0.626. The molecule has 1 aliphatic carbocycles. The van der Waals surface area contributed by atoms with Crippen molar-refractivity contribution in [3.05, 3.63) is 50.8 Å². The van der Waals surface area contributed by atoms with Gasteiger partial charge in [0.05, 0.1) is 10.1 Å². The molecule has 2 rings (SSSR count). The van der Waals surface area contributed by atoms with Crippen LogP contribution in [-0.2, 0) is 0 Å². The second-order valence-electron chi connectivity index (χ2n) is 4.60. The van der Waals surface area contributed by atoms with Gasteiger partial charge in [-0.2, -0.15) is 0 Å². The Bertz CT molecular complexity index is 564. The Morgan fingerprint density at radius 2 is 1.89 bits per heavy atom. The molecule has 0 saturated carbocycles. The predicted molar refractivity (Wildman–Crippen MR) is 80.8 cm³/mol. The molecule has 102 valence electrons. The van der Waals surface area contributed by atoms with Crippen LogP contribution in [0.1, 0.15) is 17.9 Å². The molecule has 0 N–H and O–H groups in total. The molecule has 1 aromatic rings. The lowest BCUT2D eigenvalue weighted by Gasteiger charge is -2.26. The second kappa shape index (κ2) is 5.74. The normalized spacial score (nSPS) is 19.5. The zero-order valence-corrected chi connectivity index (χ0v) is 12.8. The van der Waals surface area contributed by atoms with Crippen LogP contribution >= 0.6 is 34.8 Å². The van der Waals surface area contributed by atoms with Crippen LogP contribution in [0.25, 0.3) is 0 Å². The molecular weight excluding hydrogens is 308 g/mol. The van der Waals surface area contributed by atoms with Crippen LogP contribution in [0.5, 0.6) is 0 Å². The van der Waals surface area contributed by atoms with Gasteiger partial charge in [-0.1, -0.05) is 46.9 Å². The zero-order chi connectivity index (χ0) is 14.2. The van der Waals surface area contributed by atoms with Gasteiger partial charge < -0.3 is 4.90 Å². The highest BCUT2D eigenvalue weighted by Crippen LogP contribution is 2.44. The van der Waals surface area contributed by atoms with Gasteiger partial charge in [0, 0.05) is 30.7 Å². The van der Waals surface area contributed by atoms with Gasteiger partial charge >= 0.3 is 0 Å². The van der Waals surface area contributed by atoms with E-state index in [9.17, 15) is 4.39 Å². The van der Waals surface area contributed by atoms with Crippen LogP contribution in [0, 0.1) is 5.82 Å². The first-order chi connectivity index (χ1) is 8.91. The van der Waals surface area contributed by atoms with Crippen molar-refractivity contribution in [1.29, 1.82) is 0 Å². The standard InChI is InChI=1S/C14H13Cl3FN/c1-19(2)12-7-8(18)3-4-9(12)10-5-6-11(15)14(17)13(10)16/h3-4,6-7,10H,5H2,1-2H3. The fourth-order valence-corrected chi connectivity index (χ4v) is 2.90. The van der Waals surface area contributed by atoms with Crippen LogP contribution in [0.15, 0.2) is 39.4 Å². The smallest absolute Gasteiger partial charge is 0.125 e. The molecule has 0 amide bonds. The summed E-state index contributed by atoms with van der Waals surface area (Å²) >= 11 is 18.3. The maximum atomic E-state index is 13.4. The molecule has 0 aromatic heterocycles. The molecule has 1 atom stereocenters. The molecular formula is C14H13Cl3FN. The fourth-order valence-electron chi connectivity index (χ4n) is 2.14. The third-order valence-corrected chi connectivity index (χ3v) is 4.50. The summed E-state index contributed by atoms with van der Waals surface area (Å²) in [4.78, 5) is 1.86. The largest absolute Gasteiger partial charge is 0.377 e. The molecule has 1 aliphatic rings. The van der Waals surface area contributed by atoms with E-state index in [1.165, 1.54) is 12.1 Å². The van der Waals surface area contributed by atoms with Gasteiger partial charge in [-0.3, -0.25) is 0 Å². The van der Waals surface area contributed by atoms with Gasteiger partial charge in [-0.25, -0.2) is 4.39 Å². The summed E-state index contributed by atoms with van der Waals surface area (Å²) in [5.74, 6) is -0.363. The summed E-state index contributed by atoms with van der Waals surface area (Å²) in [5, 5.41) is 1.34. The second-order valence-corrected chi connectivity index (χ2v) is 5.79. The number of hydrogen-bond donors (Lipinski definition) is 0. The van der Waals surface area contributed by atoms with E-state index in [0.29, 0.717) is 21.5 Å². The third kappa shape index (κ3) is 2.91. The minimum Gasteiger partial charge on any atom is -0.377 e. The first-order valence-corrected chi connectivity index (χ1v) is 6.93. The molecule has 19 heavy (non-hydrogen) atoms. The van der Waals surface area contributed by atoms with Crippen molar-refractivity contribution in [3.63, 3.8) is 0 Å². The Labute approximate surface area is 127 Å². The Hall–Kier alpha value is -0.700. The first-order valence-electron chi connectivity index (χ1n) is 5.79. The third-order valence-electron chi connectivity index (χ3n) is 3.11. The highest BCUT2D eigenvalue weighted by atomic mass is 35.5. The molecule has 0 heterocycles. The van der Waals surface area contributed by atoms with E-state index in [1.807, 2.05) is 25.1 Å². The summed E-state index contributed by atoms with van der Waals surface area (Å²) in [6, 6.07) is 4.67. The SMILES string of the molecule is CN(C)c1cc(F)ccc1C1CC=C(Cl)C(Cl)=C1Cl. The quantitative estimate of drug-likeness (QED) is 0.724. The van der Waals surface area contributed by atoms with Crippen molar-refractivity contribution < 1.29 is 4.39 Å². The van der Waals surface area contributed by atoms with E-state index in [1.54, 1.807) is 6.07 Å². The number of halogens is 4. The predicted octanol–water partition coefficient (Wildman–Crippen LogP) is 5.19. The number of hydrogen-bond acceptors (Lipinski definition) is 1. The fraction of sp³-hybridized carbons (Fsp3) is 0.286. The molecule has 0 aliphatic heterocycles. The van der Waals surface area contributed by atoms with Crippen LogP contribution in [0.4, 0.5) is 10.1 Å². The minimum atomic E-state index is -0.275. The number of allylic oxidation sites excluding steroid dienone is 4. The Kier molecular flexibility index (Phi) is 4.44. The number of nitrogens with zero attached hydrogens (tertiary/aromatic N) is 1. The molecule has 1 unspecified atom stereocenters. The van der Waals surface area contributed by atoms with E-state index >= 15 is 0 Å². The summed E-state index contributed by atoms with van der Waals surface area (Å²) in [5.41, 5.74) is 1.73. The molecule has 0 radical (unpaired) electrons. The average Bonchev–Trinajstić information content (AvgIpc) is 2.37. The van der Waals surface area contributed by atoms with Crippen molar-refractivity contribution >= 4 is 40.5 Å². The van der Waals surface area contributed by atoms with Crippen molar-refractivity contribution in [2.45, 2.75) is 12.3 Å². The maximum absolute atomic E-state index is 13.4. The Morgan fingerprint density at radius 3 is 2.53 bits per heavy atom. The highest BCUT2D eigenvalue weighted by molar-refractivity contribution is 6.48.